The van der Waals surface area contributed by atoms with E-state index in [1.54, 1.807) is 0 Å². The van der Waals surface area contributed by atoms with Crippen molar-refractivity contribution in [1.29, 1.82) is 0 Å². The van der Waals surface area contributed by atoms with E-state index in [1.807, 2.05) is 55.5 Å². The van der Waals surface area contributed by atoms with Crippen molar-refractivity contribution < 1.29 is 9.90 Å². The molecule has 0 unspecified atom stereocenters. The first-order chi connectivity index (χ1) is 11.0. The second kappa shape index (κ2) is 7.79. The lowest BCUT2D eigenvalue weighted by Gasteiger charge is -2.13. The molecule has 2 rings (SSSR count). The molecule has 4 heteroatoms. The van der Waals surface area contributed by atoms with Crippen molar-refractivity contribution in [1.82, 2.24) is 5.32 Å². The summed E-state index contributed by atoms with van der Waals surface area (Å²) in [6, 6.07) is 15.0. The molecule has 4 nitrogen and oxygen atoms in total. The largest absolute Gasteiger partial charge is 0.387 e. The number of aliphatic hydroxyl groups is 1. The van der Waals surface area contributed by atoms with Crippen molar-refractivity contribution in [2.75, 3.05) is 11.9 Å². The summed E-state index contributed by atoms with van der Waals surface area (Å²) in [7, 11) is 0. The predicted molar refractivity (Wildman–Crippen MR) is 93.7 cm³/mol. The number of amides is 2. The minimum atomic E-state index is -0.718. The molecule has 122 valence electrons. The van der Waals surface area contributed by atoms with E-state index >= 15 is 0 Å². The lowest BCUT2D eigenvalue weighted by Crippen LogP contribution is -2.32. The van der Waals surface area contributed by atoms with Gasteiger partial charge in [-0.3, -0.25) is 0 Å². The number of urea groups is 1. The Hall–Kier alpha value is -2.33. The second-order valence-corrected chi connectivity index (χ2v) is 6.04. The molecule has 0 aliphatic carbocycles. The van der Waals surface area contributed by atoms with Gasteiger partial charge < -0.3 is 15.7 Å². The third kappa shape index (κ3) is 5.11. The molecule has 0 radical (unpaired) electrons. The topological polar surface area (TPSA) is 61.4 Å². The van der Waals surface area contributed by atoms with E-state index in [2.05, 4.69) is 24.5 Å². The van der Waals surface area contributed by atoms with Crippen LogP contribution in [0.5, 0.6) is 0 Å². The number of benzene rings is 2. The fourth-order valence-corrected chi connectivity index (χ4v) is 2.22. The smallest absolute Gasteiger partial charge is 0.319 e. The van der Waals surface area contributed by atoms with E-state index in [-0.39, 0.29) is 12.6 Å². The van der Waals surface area contributed by atoms with Crippen LogP contribution in [0.25, 0.3) is 0 Å². The Morgan fingerprint density at radius 3 is 2.13 bits per heavy atom. The molecule has 0 bridgehead atoms. The molecular weight excluding hydrogens is 288 g/mol. The van der Waals surface area contributed by atoms with Crippen LogP contribution in [-0.2, 0) is 0 Å². The van der Waals surface area contributed by atoms with Crippen LogP contribution >= 0.6 is 0 Å². The lowest BCUT2D eigenvalue weighted by molar-refractivity contribution is 0.175. The summed E-state index contributed by atoms with van der Waals surface area (Å²) in [6.07, 6.45) is -0.718. The van der Waals surface area contributed by atoms with Gasteiger partial charge in [0.05, 0.1) is 6.10 Å². The van der Waals surface area contributed by atoms with Crippen LogP contribution in [0, 0.1) is 6.92 Å². The molecule has 0 heterocycles. The Labute approximate surface area is 137 Å². The molecule has 0 aromatic heterocycles. The molecule has 1 atom stereocenters. The molecule has 0 saturated heterocycles. The van der Waals surface area contributed by atoms with Crippen molar-refractivity contribution in [2.24, 2.45) is 0 Å². The highest BCUT2D eigenvalue weighted by molar-refractivity contribution is 5.89. The quantitative estimate of drug-likeness (QED) is 0.782. The van der Waals surface area contributed by atoms with Crippen molar-refractivity contribution in [2.45, 2.75) is 32.8 Å². The molecule has 23 heavy (non-hydrogen) atoms. The van der Waals surface area contributed by atoms with Gasteiger partial charge in [0.15, 0.2) is 0 Å². The van der Waals surface area contributed by atoms with E-state index in [1.165, 1.54) is 5.56 Å². The fourth-order valence-electron chi connectivity index (χ4n) is 2.22. The van der Waals surface area contributed by atoms with Gasteiger partial charge in [-0.2, -0.15) is 0 Å². The van der Waals surface area contributed by atoms with Crippen LogP contribution in [0.3, 0.4) is 0 Å². The predicted octanol–water partition coefficient (Wildman–Crippen LogP) is 3.97. The molecule has 0 aliphatic rings. The van der Waals surface area contributed by atoms with Gasteiger partial charge in [0.1, 0.15) is 0 Å². The van der Waals surface area contributed by atoms with Crippen molar-refractivity contribution in [3.8, 4) is 0 Å². The summed E-state index contributed by atoms with van der Waals surface area (Å²) >= 11 is 0. The number of rotatable bonds is 5. The maximum atomic E-state index is 11.9. The van der Waals surface area contributed by atoms with Crippen LogP contribution in [0.4, 0.5) is 10.5 Å². The minimum absolute atomic E-state index is 0.166. The van der Waals surface area contributed by atoms with Crippen LogP contribution in [0.2, 0.25) is 0 Å². The summed E-state index contributed by atoms with van der Waals surface area (Å²) in [5.74, 6) is 0.461. The molecule has 0 fully saturated rings. The fraction of sp³-hybridized carbons (Fsp3) is 0.316. The zero-order chi connectivity index (χ0) is 16.8. The van der Waals surface area contributed by atoms with Crippen LogP contribution in [-0.4, -0.2) is 17.7 Å². The normalized spacial score (nSPS) is 12.0. The van der Waals surface area contributed by atoms with Crippen molar-refractivity contribution in [3.05, 3.63) is 65.2 Å². The van der Waals surface area contributed by atoms with E-state index in [9.17, 15) is 9.90 Å². The van der Waals surface area contributed by atoms with E-state index in [4.69, 9.17) is 0 Å². The van der Waals surface area contributed by atoms with E-state index < -0.39 is 6.10 Å². The Morgan fingerprint density at radius 2 is 1.57 bits per heavy atom. The van der Waals surface area contributed by atoms with E-state index in [0.717, 1.165) is 16.8 Å². The van der Waals surface area contributed by atoms with Gasteiger partial charge in [-0.05, 0) is 36.1 Å². The minimum Gasteiger partial charge on any atom is -0.387 e. The van der Waals surface area contributed by atoms with E-state index in [0.29, 0.717) is 5.92 Å². The molecule has 3 N–H and O–H groups in total. The second-order valence-electron chi connectivity index (χ2n) is 6.04. The van der Waals surface area contributed by atoms with Gasteiger partial charge in [0.2, 0.25) is 0 Å². The number of anilines is 1. The maximum absolute atomic E-state index is 11.9. The van der Waals surface area contributed by atoms with Crippen LogP contribution in [0.1, 0.15) is 42.6 Å². The number of aliphatic hydroxyl groups excluding tert-OH is 1. The molecule has 2 aromatic carbocycles. The summed E-state index contributed by atoms with van der Waals surface area (Å²) in [5, 5.41) is 15.5. The Kier molecular flexibility index (Phi) is 5.77. The zero-order valence-electron chi connectivity index (χ0n) is 13.8. The summed E-state index contributed by atoms with van der Waals surface area (Å²) in [4.78, 5) is 11.9. The van der Waals surface area contributed by atoms with Gasteiger partial charge in [-0.15, -0.1) is 0 Å². The number of aryl methyl sites for hydroxylation is 1. The first kappa shape index (κ1) is 17.0. The molecule has 0 aliphatic heterocycles. The number of hydrogen-bond donors (Lipinski definition) is 3. The lowest BCUT2D eigenvalue weighted by atomic mass is 10.0. The Balaban J connectivity index is 1.83. The standard InChI is InChI=1S/C19H24N2O2/c1-13(2)15-8-10-17(11-9-15)21-19(23)20-12-18(22)16-6-4-14(3)5-7-16/h4-11,13,18,22H,12H2,1-3H3,(H2,20,21,23)/t18-/m1/s1. The first-order valence-electron chi connectivity index (χ1n) is 7.85. The average molecular weight is 312 g/mol. The van der Waals surface area contributed by atoms with Crippen molar-refractivity contribution in [3.63, 3.8) is 0 Å². The van der Waals surface area contributed by atoms with Gasteiger partial charge in [-0.1, -0.05) is 55.8 Å². The monoisotopic (exact) mass is 312 g/mol. The number of carbonyl (C=O) groups is 1. The molecule has 0 saturated carbocycles. The summed E-state index contributed by atoms with van der Waals surface area (Å²) < 4.78 is 0. The maximum Gasteiger partial charge on any atom is 0.319 e. The molecule has 2 amide bonds. The SMILES string of the molecule is Cc1ccc([C@H](O)CNC(=O)Nc2ccc(C(C)C)cc2)cc1. The zero-order valence-corrected chi connectivity index (χ0v) is 13.8. The average Bonchev–Trinajstić information content (AvgIpc) is 2.54. The van der Waals surface area contributed by atoms with Crippen LogP contribution in [0.15, 0.2) is 48.5 Å². The van der Waals surface area contributed by atoms with Crippen LogP contribution < -0.4 is 10.6 Å². The first-order valence-corrected chi connectivity index (χ1v) is 7.85. The van der Waals surface area contributed by atoms with Gasteiger partial charge in [0, 0.05) is 12.2 Å². The summed E-state index contributed by atoms with van der Waals surface area (Å²) in [5.41, 5.74) is 3.89. The Morgan fingerprint density at radius 1 is 1.00 bits per heavy atom. The Bertz CT molecular complexity index is 633. The molecule has 2 aromatic rings. The number of hydrogen-bond acceptors (Lipinski definition) is 2. The molecular formula is C19H24N2O2. The van der Waals surface area contributed by atoms with Crippen molar-refractivity contribution >= 4 is 11.7 Å². The highest BCUT2D eigenvalue weighted by atomic mass is 16.3. The number of nitrogens with one attached hydrogen (secondary N) is 2. The summed E-state index contributed by atoms with van der Waals surface area (Å²) in [6.45, 7) is 6.41. The third-order valence-corrected chi connectivity index (χ3v) is 3.75. The van der Waals surface area contributed by atoms with Gasteiger partial charge >= 0.3 is 6.03 Å². The van der Waals surface area contributed by atoms with Gasteiger partial charge in [0.25, 0.3) is 0 Å². The highest BCUT2D eigenvalue weighted by Crippen LogP contribution is 2.17. The third-order valence-electron chi connectivity index (χ3n) is 3.75. The number of carbonyl (C=O) groups excluding carboxylic acids is 1. The molecule has 0 spiro atoms. The highest BCUT2D eigenvalue weighted by Gasteiger charge is 2.09. The van der Waals surface area contributed by atoms with Gasteiger partial charge in [-0.25, -0.2) is 4.79 Å².